The zero-order chi connectivity index (χ0) is 17.1. The number of hydrogen-bond acceptors (Lipinski definition) is 4. The molecule has 0 saturated heterocycles. The normalized spacial score (nSPS) is 13.1. The van der Waals surface area contributed by atoms with Crippen LogP contribution in [0.25, 0.3) is 0 Å². The minimum Gasteiger partial charge on any atom is -0.455 e. The maximum Gasteiger partial charge on any atom is 0.291 e. The van der Waals surface area contributed by atoms with Crippen LogP contribution in [-0.4, -0.2) is 18.2 Å². The van der Waals surface area contributed by atoms with Crippen molar-refractivity contribution in [1.82, 2.24) is 5.32 Å². The van der Waals surface area contributed by atoms with Gasteiger partial charge in [-0.05, 0) is 31.5 Å². The number of carbonyl (C=O) groups is 2. The van der Waals surface area contributed by atoms with E-state index in [1.807, 2.05) is 31.2 Å². The SMILES string of the molecule is CCNCc1ccccc1NC(=O)c1oc2c(c1C)C(=O)CCC2.Cl. The number of nitrogens with one attached hydrogen (secondary N) is 2. The zero-order valence-corrected chi connectivity index (χ0v) is 15.3. The van der Waals surface area contributed by atoms with Crippen LogP contribution in [0.2, 0.25) is 0 Å². The third-order valence-corrected chi connectivity index (χ3v) is 4.34. The number of hydrogen-bond donors (Lipinski definition) is 2. The average Bonchev–Trinajstić information content (AvgIpc) is 2.92. The summed E-state index contributed by atoms with van der Waals surface area (Å²) in [5.41, 5.74) is 3.02. The predicted molar refractivity (Wildman–Crippen MR) is 99.7 cm³/mol. The second-order valence-corrected chi connectivity index (χ2v) is 6.02. The lowest BCUT2D eigenvalue weighted by molar-refractivity contribution is 0.0963. The van der Waals surface area contributed by atoms with Crippen molar-refractivity contribution in [3.8, 4) is 0 Å². The third-order valence-electron chi connectivity index (χ3n) is 4.34. The largest absolute Gasteiger partial charge is 0.455 e. The first-order chi connectivity index (χ1) is 11.6. The van der Waals surface area contributed by atoms with Crippen molar-refractivity contribution >= 4 is 29.8 Å². The topological polar surface area (TPSA) is 71.3 Å². The Morgan fingerprint density at radius 2 is 2.00 bits per heavy atom. The lowest BCUT2D eigenvalue weighted by Crippen LogP contribution is -2.17. The molecule has 0 aliphatic heterocycles. The highest BCUT2D eigenvalue weighted by atomic mass is 35.5. The van der Waals surface area contributed by atoms with Crippen LogP contribution in [0.1, 0.15) is 57.6 Å². The third kappa shape index (κ3) is 3.94. The van der Waals surface area contributed by atoms with Crippen molar-refractivity contribution in [3.63, 3.8) is 0 Å². The molecule has 0 spiro atoms. The number of Topliss-reactive ketones (excluding diaryl/α,β-unsaturated/α-hetero) is 1. The Hall–Kier alpha value is -2.11. The second-order valence-electron chi connectivity index (χ2n) is 6.02. The maximum absolute atomic E-state index is 12.6. The molecule has 5 nitrogen and oxygen atoms in total. The van der Waals surface area contributed by atoms with E-state index in [-0.39, 0.29) is 29.9 Å². The molecule has 0 unspecified atom stereocenters. The van der Waals surface area contributed by atoms with E-state index >= 15 is 0 Å². The first kappa shape index (κ1) is 19.2. The van der Waals surface area contributed by atoms with Gasteiger partial charge in [-0.1, -0.05) is 25.1 Å². The molecular weight excluding hydrogens is 340 g/mol. The van der Waals surface area contributed by atoms with Crippen molar-refractivity contribution in [2.45, 2.75) is 39.7 Å². The maximum atomic E-state index is 12.6. The summed E-state index contributed by atoms with van der Waals surface area (Å²) in [4.78, 5) is 24.7. The van der Waals surface area contributed by atoms with Crippen molar-refractivity contribution < 1.29 is 14.0 Å². The lowest BCUT2D eigenvalue weighted by Gasteiger charge is -2.10. The molecule has 2 N–H and O–H groups in total. The Kier molecular flexibility index (Phi) is 6.39. The summed E-state index contributed by atoms with van der Waals surface area (Å²) in [6.45, 7) is 5.35. The van der Waals surface area contributed by atoms with E-state index in [4.69, 9.17) is 4.42 Å². The average molecular weight is 363 g/mol. The lowest BCUT2D eigenvalue weighted by atomic mass is 9.94. The van der Waals surface area contributed by atoms with Gasteiger partial charge in [0.15, 0.2) is 11.5 Å². The molecule has 0 bridgehead atoms. The van der Waals surface area contributed by atoms with E-state index < -0.39 is 0 Å². The summed E-state index contributed by atoms with van der Waals surface area (Å²) >= 11 is 0. The highest BCUT2D eigenvalue weighted by molar-refractivity contribution is 6.07. The fourth-order valence-corrected chi connectivity index (χ4v) is 3.10. The highest BCUT2D eigenvalue weighted by Gasteiger charge is 2.28. The summed E-state index contributed by atoms with van der Waals surface area (Å²) in [5, 5.41) is 6.17. The van der Waals surface area contributed by atoms with Crippen molar-refractivity contribution in [2.24, 2.45) is 0 Å². The first-order valence-electron chi connectivity index (χ1n) is 8.37. The molecular formula is C19H23ClN2O3. The molecule has 1 amide bonds. The number of furan rings is 1. The van der Waals surface area contributed by atoms with Gasteiger partial charge in [-0.2, -0.15) is 0 Å². The minimum atomic E-state index is -0.307. The quantitative estimate of drug-likeness (QED) is 0.846. The van der Waals surface area contributed by atoms with Crippen molar-refractivity contribution in [3.05, 3.63) is 52.5 Å². The number of para-hydroxylation sites is 1. The van der Waals surface area contributed by atoms with Gasteiger partial charge in [-0.25, -0.2) is 0 Å². The van der Waals surface area contributed by atoms with Crippen LogP contribution in [0, 0.1) is 6.92 Å². The summed E-state index contributed by atoms with van der Waals surface area (Å²) in [6.07, 6.45) is 2.03. The monoisotopic (exact) mass is 362 g/mol. The second kappa shape index (κ2) is 8.32. The first-order valence-corrected chi connectivity index (χ1v) is 8.37. The standard InChI is InChI=1S/C19H22N2O3.ClH/c1-3-20-11-13-7-4-5-8-14(13)21-19(23)18-12(2)17-15(22)9-6-10-16(17)24-18;/h4-5,7-8,20H,3,6,9-11H2,1-2H3,(H,21,23);1H. The van der Waals surface area contributed by atoms with Crippen LogP contribution in [0.5, 0.6) is 0 Å². The molecule has 134 valence electrons. The van der Waals surface area contributed by atoms with Gasteiger partial charge in [0, 0.05) is 30.6 Å². The molecule has 0 saturated carbocycles. The van der Waals surface area contributed by atoms with E-state index in [0.717, 1.165) is 24.2 Å². The molecule has 1 aliphatic rings. The van der Waals surface area contributed by atoms with Gasteiger partial charge in [-0.15, -0.1) is 12.4 Å². The van der Waals surface area contributed by atoms with Gasteiger partial charge in [0.05, 0.1) is 5.56 Å². The number of amides is 1. The van der Waals surface area contributed by atoms with Gasteiger partial charge in [0.25, 0.3) is 5.91 Å². The zero-order valence-electron chi connectivity index (χ0n) is 14.5. The van der Waals surface area contributed by atoms with Gasteiger partial charge in [-0.3, -0.25) is 9.59 Å². The molecule has 6 heteroatoms. The Labute approximate surface area is 153 Å². The van der Waals surface area contributed by atoms with Gasteiger partial charge in [0.2, 0.25) is 0 Å². The number of aryl methyl sites for hydroxylation is 1. The number of ketones is 1. The number of halogens is 1. The number of carbonyl (C=O) groups excluding carboxylic acids is 2. The smallest absolute Gasteiger partial charge is 0.291 e. The molecule has 3 rings (SSSR count). The number of fused-ring (bicyclic) bond motifs is 1. The molecule has 2 aromatic rings. The summed E-state index contributed by atoms with van der Waals surface area (Å²) in [6, 6.07) is 7.67. The molecule has 1 aliphatic carbocycles. The highest BCUT2D eigenvalue weighted by Crippen LogP contribution is 2.30. The van der Waals surface area contributed by atoms with Crippen LogP contribution in [-0.2, 0) is 13.0 Å². The Bertz CT molecular complexity index is 783. The number of anilines is 1. The number of rotatable bonds is 5. The molecule has 0 radical (unpaired) electrons. The van der Waals surface area contributed by atoms with E-state index in [9.17, 15) is 9.59 Å². The molecule has 1 heterocycles. The van der Waals surface area contributed by atoms with Crippen LogP contribution >= 0.6 is 12.4 Å². The minimum absolute atomic E-state index is 0. The van der Waals surface area contributed by atoms with Gasteiger partial charge < -0.3 is 15.1 Å². The Morgan fingerprint density at radius 3 is 2.72 bits per heavy atom. The summed E-state index contributed by atoms with van der Waals surface area (Å²) in [7, 11) is 0. The van der Waals surface area contributed by atoms with Crippen LogP contribution in [0.15, 0.2) is 28.7 Å². The van der Waals surface area contributed by atoms with Gasteiger partial charge in [0.1, 0.15) is 5.76 Å². The fraction of sp³-hybridized carbons (Fsp3) is 0.368. The van der Waals surface area contributed by atoms with Crippen LogP contribution < -0.4 is 10.6 Å². The van der Waals surface area contributed by atoms with Crippen molar-refractivity contribution in [2.75, 3.05) is 11.9 Å². The fourth-order valence-electron chi connectivity index (χ4n) is 3.10. The molecule has 25 heavy (non-hydrogen) atoms. The predicted octanol–water partition coefficient (Wildman–Crippen LogP) is 3.89. The van der Waals surface area contributed by atoms with E-state index in [1.54, 1.807) is 6.92 Å². The summed E-state index contributed by atoms with van der Waals surface area (Å²) in [5.74, 6) is 0.658. The summed E-state index contributed by atoms with van der Waals surface area (Å²) < 4.78 is 5.71. The molecule has 0 fully saturated rings. The van der Waals surface area contributed by atoms with Gasteiger partial charge >= 0.3 is 0 Å². The van der Waals surface area contributed by atoms with Crippen LogP contribution in [0.3, 0.4) is 0 Å². The molecule has 1 aromatic heterocycles. The van der Waals surface area contributed by atoms with E-state index in [0.29, 0.717) is 36.3 Å². The Morgan fingerprint density at radius 1 is 1.24 bits per heavy atom. The van der Waals surface area contributed by atoms with E-state index in [1.165, 1.54) is 0 Å². The molecule has 0 atom stereocenters. The number of benzene rings is 1. The Balaban J connectivity index is 0.00000225. The molecule has 1 aromatic carbocycles. The van der Waals surface area contributed by atoms with Crippen molar-refractivity contribution in [1.29, 1.82) is 0 Å². The van der Waals surface area contributed by atoms with Crippen LogP contribution in [0.4, 0.5) is 5.69 Å². The van der Waals surface area contributed by atoms with E-state index in [2.05, 4.69) is 10.6 Å².